The Kier molecular flexibility index (Phi) is 10.2. The normalized spacial score (nSPS) is 26.6. The minimum atomic E-state index is -2.13. The molecular weight excluding hydrogens is 600 g/mol. The third-order valence-corrected chi connectivity index (χ3v) is 7.00. The Balaban J connectivity index is 1.97. The lowest BCUT2D eigenvalue weighted by molar-refractivity contribution is -0.157. The zero-order valence-corrected chi connectivity index (χ0v) is 22.7. The molecule has 3 amide bonds. The van der Waals surface area contributed by atoms with Gasteiger partial charge in [-0.1, -0.05) is 6.08 Å². The summed E-state index contributed by atoms with van der Waals surface area (Å²) in [5.41, 5.74) is 7.25. The van der Waals surface area contributed by atoms with Gasteiger partial charge in [0.1, 0.15) is 54.8 Å². The Labute approximate surface area is 244 Å². The van der Waals surface area contributed by atoms with Crippen LogP contribution in [-0.2, 0) is 23.9 Å². The molecule has 21 nitrogen and oxygen atoms in total. The average Bonchev–Trinajstić information content (AvgIpc) is 3.21. The van der Waals surface area contributed by atoms with Gasteiger partial charge in [-0.25, -0.2) is 19.2 Å². The van der Waals surface area contributed by atoms with Crippen LogP contribution in [0.3, 0.4) is 0 Å². The molecule has 3 rings (SSSR count). The van der Waals surface area contributed by atoms with Crippen molar-refractivity contribution in [1.82, 2.24) is 19.8 Å². The van der Waals surface area contributed by atoms with Crippen LogP contribution < -0.4 is 28.0 Å². The van der Waals surface area contributed by atoms with E-state index in [1.54, 1.807) is 4.98 Å². The van der Waals surface area contributed by atoms with Crippen LogP contribution in [0.4, 0.5) is 4.79 Å². The van der Waals surface area contributed by atoms with Gasteiger partial charge in [-0.05, 0) is 12.5 Å². The largest absolute Gasteiger partial charge is 0.479 e. The molecular formula is C23H30N6O15. The monoisotopic (exact) mass is 630 g/mol. The number of aromatic carboxylic acids is 1. The number of aromatic nitrogens is 2. The van der Waals surface area contributed by atoms with E-state index >= 15 is 0 Å². The van der Waals surface area contributed by atoms with Gasteiger partial charge in [0, 0.05) is 12.7 Å². The second kappa shape index (κ2) is 13.3. The van der Waals surface area contributed by atoms with Gasteiger partial charge in [0.2, 0.25) is 11.8 Å². The van der Waals surface area contributed by atoms with Crippen molar-refractivity contribution < 1.29 is 64.1 Å². The maximum atomic E-state index is 13.6. The Bertz CT molecular complexity index is 1470. The van der Waals surface area contributed by atoms with E-state index in [9.17, 15) is 64.2 Å². The third kappa shape index (κ3) is 6.61. The minimum Gasteiger partial charge on any atom is -0.479 e. The van der Waals surface area contributed by atoms with Gasteiger partial charge < -0.3 is 61.8 Å². The number of aromatic amines is 1. The number of carboxylic acid groups (broad SMARTS) is 2. The molecule has 0 radical (unpaired) electrons. The average molecular weight is 631 g/mol. The van der Waals surface area contributed by atoms with E-state index in [2.05, 4.69) is 10.1 Å². The van der Waals surface area contributed by atoms with E-state index < -0.39 is 108 Å². The highest BCUT2D eigenvalue weighted by atomic mass is 16.6. The lowest BCUT2D eigenvalue weighted by atomic mass is 9.92. The van der Waals surface area contributed by atoms with Crippen LogP contribution >= 0.6 is 0 Å². The minimum absolute atomic E-state index is 0.243. The van der Waals surface area contributed by atoms with Crippen LogP contribution in [0.15, 0.2) is 27.4 Å². The molecule has 44 heavy (non-hydrogen) atoms. The predicted octanol–water partition coefficient (Wildman–Crippen LogP) is -6.28. The summed E-state index contributed by atoms with van der Waals surface area (Å²) in [6, 6.07) is -5.63. The van der Waals surface area contributed by atoms with Crippen LogP contribution in [0.2, 0.25) is 0 Å². The fraction of sp³-hybridized carbons (Fsp3) is 0.522. The van der Waals surface area contributed by atoms with Crippen LogP contribution in [0.5, 0.6) is 0 Å². The summed E-state index contributed by atoms with van der Waals surface area (Å²) >= 11 is 0. The molecule has 0 bridgehead atoms. The number of nitrogens with zero attached hydrogens (tertiary/aromatic N) is 2. The Hall–Kier alpha value is -4.67. The quantitative estimate of drug-likeness (QED) is 0.102. The SMILES string of the molecule is C/C=C1/CN(C(=O)C(NC(=O)C(N)C(O)C(O)COC(N)=O)[C@H]2O[C@@H](n3cc(C(=O)O)c(=O)[nH]c3=O)[C@H](O)[C@@H]2O)[C@@H]1C(=O)O. The first-order valence-corrected chi connectivity index (χ1v) is 12.6. The number of rotatable bonds is 11. The molecule has 1 aromatic heterocycles. The summed E-state index contributed by atoms with van der Waals surface area (Å²) in [6.07, 6.45) is -11.6. The zero-order chi connectivity index (χ0) is 33.2. The number of amides is 3. The van der Waals surface area contributed by atoms with Crippen molar-refractivity contribution in [3.05, 3.63) is 44.2 Å². The molecule has 2 saturated heterocycles. The summed E-state index contributed by atoms with van der Waals surface area (Å²) in [6.45, 7) is 0.384. The van der Waals surface area contributed by atoms with Gasteiger partial charge in [-0.3, -0.25) is 23.9 Å². The molecule has 12 N–H and O–H groups in total. The molecule has 3 heterocycles. The molecule has 9 atom stereocenters. The zero-order valence-electron chi connectivity index (χ0n) is 22.7. The standard InChI is InChI=1S/C23H30N6O15/c1-2-6-3-28(11(6)21(39)40)18(36)10(26-17(35)9(24)12(31)8(30)5-43-22(25)41)15-13(32)14(33)19(44-15)29-4-7(20(37)38)16(34)27-23(29)42/h2,4,8-15,19,30-33H,3,5,24H2,1H3,(H2,25,41)(H,26,35)(H,37,38)(H,39,40)(H,27,34,42)/b6-2-/t8?,9?,10?,11-,12?,13-,14+,15+,19+/m0/s1. The lowest BCUT2D eigenvalue weighted by Gasteiger charge is -2.43. The summed E-state index contributed by atoms with van der Waals surface area (Å²) in [4.78, 5) is 87.4. The molecule has 21 heteroatoms. The van der Waals surface area contributed by atoms with Crippen molar-refractivity contribution in [2.75, 3.05) is 13.2 Å². The molecule has 0 spiro atoms. The number of carbonyl (C=O) groups is 5. The Morgan fingerprint density at radius 3 is 2.36 bits per heavy atom. The maximum Gasteiger partial charge on any atom is 0.404 e. The van der Waals surface area contributed by atoms with Gasteiger partial charge in [-0.2, -0.15) is 0 Å². The molecule has 2 aliphatic rings. The van der Waals surface area contributed by atoms with Crippen molar-refractivity contribution >= 4 is 29.8 Å². The summed E-state index contributed by atoms with van der Waals surface area (Å²) in [5, 5.41) is 62.7. The number of carbonyl (C=O) groups excluding carboxylic acids is 3. The van der Waals surface area contributed by atoms with Crippen molar-refractivity contribution in [3.8, 4) is 0 Å². The first-order chi connectivity index (χ1) is 20.5. The van der Waals surface area contributed by atoms with Gasteiger partial charge in [0.25, 0.3) is 5.56 Å². The Morgan fingerprint density at radius 1 is 1.18 bits per heavy atom. The van der Waals surface area contributed by atoms with Crippen LogP contribution in [0.25, 0.3) is 0 Å². The van der Waals surface area contributed by atoms with Gasteiger partial charge >= 0.3 is 23.7 Å². The first kappa shape index (κ1) is 33.8. The van der Waals surface area contributed by atoms with E-state index in [0.717, 1.165) is 4.90 Å². The number of aliphatic hydroxyl groups is 4. The number of aliphatic hydroxyl groups excluding tert-OH is 4. The molecule has 0 aromatic carbocycles. The van der Waals surface area contributed by atoms with Gasteiger partial charge in [-0.15, -0.1) is 0 Å². The number of hydrogen-bond acceptors (Lipinski definition) is 14. The van der Waals surface area contributed by atoms with E-state index in [-0.39, 0.29) is 6.54 Å². The van der Waals surface area contributed by atoms with Crippen LogP contribution in [0, 0.1) is 0 Å². The number of ether oxygens (including phenoxy) is 2. The highest BCUT2D eigenvalue weighted by Crippen LogP contribution is 2.33. The van der Waals surface area contributed by atoms with Crippen molar-refractivity contribution in [1.29, 1.82) is 0 Å². The van der Waals surface area contributed by atoms with Gasteiger partial charge in [0.15, 0.2) is 12.3 Å². The molecule has 242 valence electrons. The predicted molar refractivity (Wildman–Crippen MR) is 139 cm³/mol. The van der Waals surface area contributed by atoms with E-state index in [1.165, 1.54) is 13.0 Å². The molecule has 0 aliphatic carbocycles. The second-order valence-corrected chi connectivity index (χ2v) is 9.76. The number of likely N-dealkylation sites (tertiary alicyclic amines) is 1. The summed E-state index contributed by atoms with van der Waals surface area (Å²) in [5.74, 6) is -5.79. The fourth-order valence-corrected chi connectivity index (χ4v) is 4.60. The van der Waals surface area contributed by atoms with E-state index in [1.807, 2.05) is 0 Å². The van der Waals surface area contributed by atoms with E-state index in [0.29, 0.717) is 16.3 Å². The number of hydrogen-bond donors (Lipinski definition) is 10. The number of primary amides is 1. The smallest absolute Gasteiger partial charge is 0.404 e. The fourth-order valence-electron chi connectivity index (χ4n) is 4.60. The maximum absolute atomic E-state index is 13.6. The van der Waals surface area contributed by atoms with Crippen molar-refractivity contribution in [3.63, 3.8) is 0 Å². The molecule has 4 unspecified atom stereocenters. The molecule has 0 saturated carbocycles. The molecule has 1 aromatic rings. The summed E-state index contributed by atoms with van der Waals surface area (Å²) < 4.78 is 10.3. The highest BCUT2D eigenvalue weighted by Gasteiger charge is 2.54. The van der Waals surface area contributed by atoms with Crippen molar-refractivity contribution in [2.24, 2.45) is 11.5 Å². The third-order valence-electron chi connectivity index (χ3n) is 7.00. The molecule has 2 fully saturated rings. The number of aliphatic carboxylic acids is 1. The number of nitrogens with two attached hydrogens (primary N) is 2. The van der Waals surface area contributed by atoms with Crippen LogP contribution in [0.1, 0.15) is 23.5 Å². The molecule has 2 aliphatic heterocycles. The highest BCUT2D eigenvalue weighted by molar-refractivity contribution is 5.95. The number of allylic oxidation sites excluding steroid dienone is 1. The van der Waals surface area contributed by atoms with Gasteiger partial charge in [0.05, 0.1) is 0 Å². The number of H-pyrrole nitrogens is 1. The second-order valence-electron chi connectivity index (χ2n) is 9.76. The lowest BCUT2D eigenvalue weighted by Crippen LogP contribution is -2.67. The van der Waals surface area contributed by atoms with E-state index in [4.69, 9.17) is 16.2 Å². The number of carboxylic acids is 2. The first-order valence-electron chi connectivity index (χ1n) is 12.6. The topological polar surface area (TPSA) is 347 Å². The summed E-state index contributed by atoms with van der Waals surface area (Å²) in [7, 11) is 0. The number of nitrogens with one attached hydrogen (secondary N) is 2. The van der Waals surface area contributed by atoms with Crippen molar-refractivity contribution in [2.45, 2.75) is 61.8 Å². The Morgan fingerprint density at radius 2 is 1.82 bits per heavy atom. The van der Waals surface area contributed by atoms with Crippen LogP contribution in [-0.4, -0.2) is 137 Å².